The van der Waals surface area contributed by atoms with Gasteiger partial charge in [-0.25, -0.2) is 4.98 Å². The zero-order valence-electron chi connectivity index (χ0n) is 11.3. The van der Waals surface area contributed by atoms with Crippen molar-refractivity contribution in [1.29, 1.82) is 0 Å². The van der Waals surface area contributed by atoms with Gasteiger partial charge in [-0.3, -0.25) is 4.79 Å². The zero-order chi connectivity index (χ0) is 13.9. The fourth-order valence-electron chi connectivity index (χ4n) is 2.97. The van der Waals surface area contributed by atoms with Gasteiger partial charge in [-0.15, -0.1) is 0 Å². The van der Waals surface area contributed by atoms with E-state index in [2.05, 4.69) is 15.3 Å². The summed E-state index contributed by atoms with van der Waals surface area (Å²) in [5.74, 6) is 0.551. The van der Waals surface area contributed by atoms with Gasteiger partial charge in [-0.1, -0.05) is 30.9 Å². The molecule has 0 aromatic carbocycles. The summed E-state index contributed by atoms with van der Waals surface area (Å²) >= 11 is 6.11. The number of carbonyl (C=O) groups excluding carboxylic acids is 1. The van der Waals surface area contributed by atoms with Crippen molar-refractivity contribution < 1.29 is 4.79 Å². The van der Waals surface area contributed by atoms with Gasteiger partial charge < -0.3 is 10.3 Å². The minimum atomic E-state index is 0.0364. The third-order valence-electron chi connectivity index (χ3n) is 4.02. The number of pyridine rings is 1. The number of hydrogen-bond donors (Lipinski definition) is 2. The molecule has 3 rings (SSSR count). The molecule has 1 aliphatic carbocycles. The molecule has 1 aliphatic rings. The molecule has 1 fully saturated rings. The minimum absolute atomic E-state index is 0.0364. The highest BCUT2D eigenvalue weighted by Crippen LogP contribution is 2.30. The normalized spacial score (nSPS) is 16.4. The quantitative estimate of drug-likeness (QED) is 0.836. The summed E-state index contributed by atoms with van der Waals surface area (Å²) in [7, 11) is 0. The average Bonchev–Trinajstić information content (AvgIpc) is 2.92. The molecule has 0 radical (unpaired) electrons. The summed E-state index contributed by atoms with van der Waals surface area (Å²) in [4.78, 5) is 19.4. The van der Waals surface area contributed by atoms with E-state index in [1.54, 1.807) is 6.20 Å². The second kappa shape index (κ2) is 5.83. The zero-order valence-corrected chi connectivity index (χ0v) is 12.0. The van der Waals surface area contributed by atoms with Crippen molar-refractivity contribution in [2.24, 2.45) is 5.92 Å². The lowest BCUT2D eigenvalue weighted by molar-refractivity contribution is -0.117. The number of rotatable bonds is 3. The molecule has 0 unspecified atom stereocenters. The maximum Gasteiger partial charge on any atom is 0.224 e. The number of hydrogen-bond acceptors (Lipinski definition) is 2. The van der Waals surface area contributed by atoms with Crippen LogP contribution in [0.1, 0.15) is 38.5 Å². The average molecular weight is 292 g/mol. The molecule has 2 N–H and O–H groups in total. The van der Waals surface area contributed by atoms with Gasteiger partial charge in [0.1, 0.15) is 0 Å². The highest BCUT2D eigenvalue weighted by atomic mass is 35.5. The minimum Gasteiger partial charge on any atom is -0.360 e. The van der Waals surface area contributed by atoms with Crippen LogP contribution in [-0.2, 0) is 4.79 Å². The molecule has 0 atom stereocenters. The number of nitrogens with one attached hydrogen (secondary N) is 2. The Labute approximate surface area is 122 Å². The molecule has 4 nitrogen and oxygen atoms in total. The van der Waals surface area contributed by atoms with E-state index >= 15 is 0 Å². The Bertz CT molecular complexity index is 617. The van der Waals surface area contributed by atoms with Crippen LogP contribution in [-0.4, -0.2) is 15.9 Å². The highest BCUT2D eigenvalue weighted by Gasteiger charge is 2.18. The molecule has 20 heavy (non-hydrogen) atoms. The van der Waals surface area contributed by atoms with Gasteiger partial charge >= 0.3 is 0 Å². The fraction of sp³-hybridized carbons (Fsp3) is 0.467. The van der Waals surface area contributed by atoms with Crippen LogP contribution in [0.4, 0.5) is 5.69 Å². The summed E-state index contributed by atoms with van der Waals surface area (Å²) < 4.78 is 0. The van der Waals surface area contributed by atoms with Crippen LogP contribution in [0.5, 0.6) is 0 Å². The number of fused-ring (bicyclic) bond motifs is 1. The van der Waals surface area contributed by atoms with E-state index in [1.807, 2.05) is 12.3 Å². The largest absolute Gasteiger partial charge is 0.360 e. The molecule has 0 saturated heterocycles. The van der Waals surface area contributed by atoms with Crippen molar-refractivity contribution in [3.05, 3.63) is 23.6 Å². The Morgan fingerprint density at radius 3 is 3.00 bits per heavy atom. The first-order valence-corrected chi connectivity index (χ1v) is 7.53. The van der Waals surface area contributed by atoms with Crippen LogP contribution in [0.3, 0.4) is 0 Å². The smallest absolute Gasteiger partial charge is 0.224 e. The predicted octanol–water partition coefficient (Wildman–Crippen LogP) is 4.13. The Kier molecular flexibility index (Phi) is 3.92. The van der Waals surface area contributed by atoms with Gasteiger partial charge in [-0.2, -0.15) is 0 Å². The molecular weight excluding hydrogens is 274 g/mol. The Hall–Kier alpha value is -1.55. The number of nitrogens with zero attached hydrogens (tertiary/aromatic N) is 1. The van der Waals surface area contributed by atoms with Gasteiger partial charge in [0.2, 0.25) is 5.91 Å². The number of carbonyl (C=O) groups is 1. The van der Waals surface area contributed by atoms with Crippen molar-refractivity contribution in [3.8, 4) is 0 Å². The number of H-pyrrole nitrogens is 1. The van der Waals surface area contributed by atoms with Gasteiger partial charge in [0.05, 0.1) is 17.4 Å². The van der Waals surface area contributed by atoms with E-state index in [1.165, 1.54) is 19.3 Å². The number of aromatic nitrogens is 2. The van der Waals surface area contributed by atoms with Crippen LogP contribution in [0.25, 0.3) is 10.9 Å². The van der Waals surface area contributed by atoms with Crippen molar-refractivity contribution in [2.45, 2.75) is 38.5 Å². The molecule has 2 heterocycles. The Morgan fingerprint density at radius 2 is 2.20 bits per heavy atom. The number of anilines is 1. The van der Waals surface area contributed by atoms with Crippen LogP contribution < -0.4 is 5.32 Å². The van der Waals surface area contributed by atoms with Crippen molar-refractivity contribution >= 4 is 34.1 Å². The van der Waals surface area contributed by atoms with Gasteiger partial charge in [0, 0.05) is 18.0 Å². The summed E-state index contributed by atoms with van der Waals surface area (Å²) in [5.41, 5.74) is 1.49. The SMILES string of the molecule is O=C(CC1CCCCC1)Nc1c(Cl)ncc2[nH]ccc12. The van der Waals surface area contributed by atoms with E-state index in [9.17, 15) is 4.79 Å². The molecule has 106 valence electrons. The first-order valence-electron chi connectivity index (χ1n) is 7.15. The summed E-state index contributed by atoms with van der Waals surface area (Å²) in [6.07, 6.45) is 10.2. The topological polar surface area (TPSA) is 57.8 Å². The highest BCUT2D eigenvalue weighted by molar-refractivity contribution is 6.34. The lowest BCUT2D eigenvalue weighted by Crippen LogP contribution is -2.18. The van der Waals surface area contributed by atoms with Gasteiger partial charge in [-0.05, 0) is 24.8 Å². The fourth-order valence-corrected chi connectivity index (χ4v) is 3.16. The van der Waals surface area contributed by atoms with E-state index in [-0.39, 0.29) is 5.91 Å². The van der Waals surface area contributed by atoms with Gasteiger partial charge in [0.25, 0.3) is 0 Å². The third kappa shape index (κ3) is 2.80. The van der Waals surface area contributed by atoms with Crippen molar-refractivity contribution in [1.82, 2.24) is 9.97 Å². The van der Waals surface area contributed by atoms with E-state index in [4.69, 9.17) is 11.6 Å². The summed E-state index contributed by atoms with van der Waals surface area (Å²) in [6.45, 7) is 0. The molecule has 1 saturated carbocycles. The molecule has 0 bridgehead atoms. The standard InChI is InChI=1S/C15H18ClN3O/c16-15-14(11-6-7-17-12(11)9-18-15)19-13(20)8-10-4-2-1-3-5-10/h6-7,9-10,17H,1-5,8H2,(H,19,20). The monoisotopic (exact) mass is 291 g/mol. The van der Waals surface area contributed by atoms with Crippen molar-refractivity contribution in [3.63, 3.8) is 0 Å². The first-order chi connectivity index (χ1) is 9.74. The summed E-state index contributed by atoms with van der Waals surface area (Å²) in [5, 5.41) is 4.18. The Morgan fingerprint density at radius 1 is 1.40 bits per heavy atom. The molecule has 0 aliphatic heterocycles. The van der Waals surface area contributed by atoms with Crippen molar-refractivity contribution in [2.75, 3.05) is 5.32 Å². The molecule has 2 aromatic rings. The maximum absolute atomic E-state index is 12.2. The first kappa shape index (κ1) is 13.4. The molecule has 5 heteroatoms. The second-order valence-electron chi connectivity index (χ2n) is 5.49. The number of aromatic amines is 1. The molecule has 1 amide bonds. The lowest BCUT2D eigenvalue weighted by atomic mass is 9.87. The van der Waals surface area contributed by atoms with Crippen LogP contribution in [0, 0.1) is 5.92 Å². The maximum atomic E-state index is 12.2. The van der Waals surface area contributed by atoms with Gasteiger partial charge in [0.15, 0.2) is 5.15 Å². The second-order valence-corrected chi connectivity index (χ2v) is 5.84. The number of halogens is 1. The molecule has 2 aromatic heterocycles. The third-order valence-corrected chi connectivity index (χ3v) is 4.31. The summed E-state index contributed by atoms with van der Waals surface area (Å²) in [6, 6.07) is 1.90. The number of amides is 1. The van der Waals surface area contributed by atoms with Crippen LogP contribution >= 0.6 is 11.6 Å². The van der Waals surface area contributed by atoms with Crippen LogP contribution in [0.2, 0.25) is 5.15 Å². The van der Waals surface area contributed by atoms with E-state index in [0.29, 0.717) is 23.2 Å². The lowest BCUT2D eigenvalue weighted by Gasteiger charge is -2.21. The van der Waals surface area contributed by atoms with E-state index < -0.39 is 0 Å². The Balaban J connectivity index is 1.73. The molecular formula is C15H18ClN3O. The molecule has 0 spiro atoms. The van der Waals surface area contributed by atoms with Crippen LogP contribution in [0.15, 0.2) is 18.5 Å². The van der Waals surface area contributed by atoms with E-state index in [0.717, 1.165) is 23.7 Å². The predicted molar refractivity (Wildman–Crippen MR) is 80.9 cm³/mol.